The molecule has 3 aromatic carbocycles. The fraction of sp³-hybridized carbons (Fsp3) is 0.346. The molecule has 0 unspecified atom stereocenters. The van der Waals surface area contributed by atoms with Crippen molar-refractivity contribution in [2.24, 2.45) is 0 Å². The van der Waals surface area contributed by atoms with E-state index in [2.05, 4.69) is 25.5 Å². The Kier molecular flexibility index (Phi) is 6.10. The molecule has 32 heavy (non-hydrogen) atoms. The molecule has 0 bridgehead atoms. The molecular formula is C26H30N2O3S. The van der Waals surface area contributed by atoms with Crippen molar-refractivity contribution in [1.82, 2.24) is 9.62 Å². The first kappa shape index (κ1) is 22.5. The lowest BCUT2D eigenvalue weighted by atomic mass is 9.87. The monoisotopic (exact) mass is 450 g/mol. The quantitative estimate of drug-likeness (QED) is 0.625. The number of sulfonamides is 1. The molecule has 6 heteroatoms. The number of fused-ring (bicyclic) bond motifs is 1. The number of carbonyl (C=O) groups excluding carboxylic acids is 1. The van der Waals surface area contributed by atoms with Crippen molar-refractivity contribution >= 4 is 26.7 Å². The van der Waals surface area contributed by atoms with Crippen molar-refractivity contribution in [2.45, 2.75) is 50.0 Å². The lowest BCUT2D eigenvalue weighted by Gasteiger charge is -2.32. The van der Waals surface area contributed by atoms with Gasteiger partial charge in [0.25, 0.3) is 5.91 Å². The molecule has 0 aliphatic carbocycles. The maximum atomic E-state index is 13.1. The largest absolute Gasteiger partial charge is 0.339 e. The third kappa shape index (κ3) is 4.71. The van der Waals surface area contributed by atoms with Crippen LogP contribution in [0.3, 0.4) is 0 Å². The number of hydrogen-bond donors (Lipinski definition) is 1. The van der Waals surface area contributed by atoms with E-state index in [9.17, 15) is 13.2 Å². The molecule has 4 rings (SSSR count). The molecule has 168 valence electrons. The van der Waals surface area contributed by atoms with Crippen molar-refractivity contribution in [3.8, 4) is 0 Å². The molecule has 1 N–H and O–H groups in total. The predicted octanol–water partition coefficient (Wildman–Crippen LogP) is 4.72. The number of nitrogens with zero attached hydrogens (tertiary/aromatic N) is 1. The number of benzene rings is 3. The smallest absolute Gasteiger partial charge is 0.254 e. The molecule has 5 nitrogen and oxygen atoms in total. The number of nitrogens with one attached hydrogen (secondary N) is 1. The Labute approximate surface area is 190 Å². The number of carbonyl (C=O) groups is 1. The second kappa shape index (κ2) is 8.68. The van der Waals surface area contributed by atoms with Crippen LogP contribution >= 0.6 is 0 Å². The average molecular weight is 451 g/mol. The van der Waals surface area contributed by atoms with Gasteiger partial charge in [-0.05, 0) is 52.8 Å². The van der Waals surface area contributed by atoms with Crippen LogP contribution in [0.5, 0.6) is 0 Å². The second-order valence-electron chi connectivity index (χ2n) is 9.49. The van der Waals surface area contributed by atoms with Crippen LogP contribution in [0.4, 0.5) is 0 Å². The first-order chi connectivity index (χ1) is 15.1. The molecule has 0 atom stereocenters. The molecular weight excluding hydrogens is 420 g/mol. The summed E-state index contributed by atoms with van der Waals surface area (Å²) < 4.78 is 28.5. The summed E-state index contributed by atoms with van der Waals surface area (Å²) in [5.41, 5.74) is 1.76. The van der Waals surface area contributed by atoms with Gasteiger partial charge in [-0.2, -0.15) is 0 Å². The van der Waals surface area contributed by atoms with Crippen LogP contribution in [-0.2, 0) is 15.4 Å². The molecule has 1 aliphatic rings. The molecule has 1 heterocycles. The van der Waals surface area contributed by atoms with Crippen LogP contribution in [0.1, 0.15) is 49.5 Å². The Morgan fingerprint density at radius 1 is 0.906 bits per heavy atom. The highest BCUT2D eigenvalue weighted by Crippen LogP contribution is 2.25. The van der Waals surface area contributed by atoms with E-state index in [-0.39, 0.29) is 22.3 Å². The van der Waals surface area contributed by atoms with Gasteiger partial charge in [0.05, 0.1) is 4.90 Å². The molecule has 1 amide bonds. The molecule has 0 saturated carbocycles. The molecule has 0 spiro atoms. The molecule has 1 fully saturated rings. The minimum absolute atomic E-state index is 0.000811. The highest BCUT2D eigenvalue weighted by Gasteiger charge is 2.28. The Morgan fingerprint density at radius 2 is 1.53 bits per heavy atom. The Hall–Kier alpha value is -2.70. The minimum Gasteiger partial charge on any atom is -0.339 e. The van der Waals surface area contributed by atoms with Crippen LogP contribution in [0.15, 0.2) is 71.6 Å². The maximum Gasteiger partial charge on any atom is 0.254 e. The molecule has 0 radical (unpaired) electrons. The van der Waals surface area contributed by atoms with Crippen molar-refractivity contribution in [1.29, 1.82) is 0 Å². The molecule has 1 aliphatic heterocycles. The number of piperidine rings is 1. The van der Waals surface area contributed by atoms with Gasteiger partial charge >= 0.3 is 0 Å². The Bertz CT molecular complexity index is 1210. The average Bonchev–Trinajstić information content (AvgIpc) is 2.78. The van der Waals surface area contributed by atoms with Crippen molar-refractivity contribution in [3.05, 3.63) is 77.9 Å². The van der Waals surface area contributed by atoms with Gasteiger partial charge in [-0.15, -0.1) is 0 Å². The predicted molar refractivity (Wildman–Crippen MR) is 128 cm³/mol. The van der Waals surface area contributed by atoms with E-state index in [1.165, 1.54) is 0 Å². The summed E-state index contributed by atoms with van der Waals surface area (Å²) in [6.45, 7) is 7.35. The van der Waals surface area contributed by atoms with Crippen LogP contribution < -0.4 is 4.72 Å². The van der Waals surface area contributed by atoms with E-state index in [4.69, 9.17) is 0 Å². The summed E-state index contributed by atoms with van der Waals surface area (Å²) in [6.07, 6.45) is 1.19. The fourth-order valence-corrected chi connectivity index (χ4v) is 5.51. The van der Waals surface area contributed by atoms with Gasteiger partial charge in [0.2, 0.25) is 10.0 Å². The lowest BCUT2D eigenvalue weighted by molar-refractivity contribution is 0.0713. The first-order valence-corrected chi connectivity index (χ1v) is 12.5. The van der Waals surface area contributed by atoms with Gasteiger partial charge in [-0.25, -0.2) is 13.1 Å². The zero-order chi connectivity index (χ0) is 22.9. The van der Waals surface area contributed by atoms with Crippen molar-refractivity contribution in [3.63, 3.8) is 0 Å². The summed E-state index contributed by atoms with van der Waals surface area (Å²) in [5.74, 6) is 0.000811. The van der Waals surface area contributed by atoms with Crippen molar-refractivity contribution in [2.75, 3.05) is 13.1 Å². The summed E-state index contributed by atoms with van der Waals surface area (Å²) in [7, 11) is -3.59. The Balaban J connectivity index is 1.41. The summed E-state index contributed by atoms with van der Waals surface area (Å²) in [5, 5.41) is 1.99. The number of amides is 1. The lowest BCUT2D eigenvalue weighted by Crippen LogP contribution is -2.46. The minimum atomic E-state index is -3.59. The highest BCUT2D eigenvalue weighted by molar-refractivity contribution is 7.89. The topological polar surface area (TPSA) is 66.5 Å². The second-order valence-corrected chi connectivity index (χ2v) is 11.2. The summed E-state index contributed by atoms with van der Waals surface area (Å²) in [6, 6.07) is 20.5. The van der Waals surface area contributed by atoms with E-state index >= 15 is 0 Å². The Morgan fingerprint density at radius 3 is 2.19 bits per heavy atom. The SMILES string of the molecule is CC(C)(C)c1ccc(S(=O)(=O)NC2CCN(C(=O)c3cccc4ccccc34)CC2)cc1. The van der Waals surface area contributed by atoms with E-state index in [1.54, 1.807) is 12.1 Å². The van der Waals surface area contributed by atoms with E-state index in [1.807, 2.05) is 59.5 Å². The number of likely N-dealkylation sites (tertiary alicyclic amines) is 1. The van der Waals surface area contributed by atoms with Crippen LogP contribution in [-0.4, -0.2) is 38.4 Å². The van der Waals surface area contributed by atoms with Gasteiger partial charge in [0.15, 0.2) is 0 Å². The van der Waals surface area contributed by atoms with Gasteiger partial charge in [0, 0.05) is 24.7 Å². The molecule has 1 saturated heterocycles. The van der Waals surface area contributed by atoms with E-state index in [0.29, 0.717) is 31.5 Å². The van der Waals surface area contributed by atoms with Gasteiger partial charge in [-0.1, -0.05) is 69.3 Å². The highest BCUT2D eigenvalue weighted by atomic mass is 32.2. The third-order valence-corrected chi connectivity index (χ3v) is 7.69. The van der Waals surface area contributed by atoms with E-state index < -0.39 is 10.0 Å². The first-order valence-electron chi connectivity index (χ1n) is 11.0. The summed E-state index contributed by atoms with van der Waals surface area (Å²) in [4.78, 5) is 15.2. The number of hydrogen-bond acceptors (Lipinski definition) is 3. The normalized spacial score (nSPS) is 15.8. The van der Waals surface area contributed by atoms with Crippen molar-refractivity contribution < 1.29 is 13.2 Å². The maximum absolute atomic E-state index is 13.1. The van der Waals surface area contributed by atoms with Crippen LogP contribution in [0, 0.1) is 0 Å². The third-order valence-electron chi connectivity index (χ3n) is 6.15. The van der Waals surface area contributed by atoms with Crippen LogP contribution in [0.2, 0.25) is 0 Å². The standard InChI is InChI=1S/C26H30N2O3S/c1-26(2,3)20-11-13-22(14-12-20)32(30,31)27-21-15-17-28(18-16-21)25(29)24-10-6-8-19-7-4-5-9-23(19)24/h4-14,21,27H,15-18H2,1-3H3. The zero-order valence-electron chi connectivity index (χ0n) is 18.8. The summed E-state index contributed by atoms with van der Waals surface area (Å²) >= 11 is 0. The fourth-order valence-electron chi connectivity index (χ4n) is 4.20. The zero-order valence-corrected chi connectivity index (χ0v) is 19.7. The molecule has 0 aromatic heterocycles. The van der Waals surface area contributed by atoms with E-state index in [0.717, 1.165) is 16.3 Å². The molecule has 3 aromatic rings. The van der Waals surface area contributed by atoms with Crippen LogP contribution in [0.25, 0.3) is 10.8 Å². The number of rotatable bonds is 4. The van der Waals surface area contributed by atoms with Gasteiger partial charge in [0.1, 0.15) is 0 Å². The van der Waals surface area contributed by atoms with Gasteiger partial charge in [-0.3, -0.25) is 4.79 Å². The van der Waals surface area contributed by atoms with Gasteiger partial charge < -0.3 is 4.90 Å².